The second-order valence-electron chi connectivity index (χ2n) is 5.06. The van der Waals surface area contributed by atoms with Crippen molar-refractivity contribution in [1.29, 1.82) is 0 Å². The van der Waals surface area contributed by atoms with Crippen molar-refractivity contribution in [2.24, 2.45) is 0 Å². The third-order valence-corrected chi connectivity index (χ3v) is 4.22. The van der Waals surface area contributed by atoms with Crippen LogP contribution < -0.4 is 5.56 Å². The molecular formula is C15H11N5O3S. The van der Waals surface area contributed by atoms with Gasteiger partial charge < -0.3 is 4.74 Å². The number of esters is 1. The summed E-state index contributed by atoms with van der Waals surface area (Å²) >= 11 is 1.48. The lowest BCUT2D eigenvalue weighted by molar-refractivity contribution is -0.147. The summed E-state index contributed by atoms with van der Waals surface area (Å²) < 4.78 is 7.97. The second-order valence-corrected chi connectivity index (χ2v) is 5.93. The van der Waals surface area contributed by atoms with Gasteiger partial charge in [0, 0.05) is 17.8 Å². The molecule has 0 aliphatic rings. The SMILES string of the molecule is O=C(Cc1cn2ccsc2n1)OCn1nnc2ccccc2c1=O. The smallest absolute Gasteiger partial charge is 0.313 e. The van der Waals surface area contributed by atoms with E-state index in [-0.39, 0.29) is 18.7 Å². The maximum atomic E-state index is 12.2. The third kappa shape index (κ3) is 2.65. The molecule has 0 saturated carbocycles. The van der Waals surface area contributed by atoms with Gasteiger partial charge in [-0.25, -0.2) is 4.98 Å². The fourth-order valence-corrected chi connectivity index (χ4v) is 3.02. The van der Waals surface area contributed by atoms with Crippen LogP contribution in [0.15, 0.2) is 46.8 Å². The van der Waals surface area contributed by atoms with Gasteiger partial charge >= 0.3 is 5.97 Å². The molecule has 8 nitrogen and oxygen atoms in total. The zero-order valence-corrected chi connectivity index (χ0v) is 13.1. The average Bonchev–Trinajstić information content (AvgIpc) is 3.16. The van der Waals surface area contributed by atoms with Crippen molar-refractivity contribution in [1.82, 2.24) is 24.4 Å². The first-order valence-electron chi connectivity index (χ1n) is 7.10. The zero-order valence-electron chi connectivity index (χ0n) is 12.3. The van der Waals surface area contributed by atoms with Gasteiger partial charge in [0.05, 0.1) is 17.5 Å². The molecule has 0 saturated heterocycles. The molecule has 0 spiro atoms. The van der Waals surface area contributed by atoms with Crippen LogP contribution in [-0.2, 0) is 22.7 Å². The predicted molar refractivity (Wildman–Crippen MR) is 86.7 cm³/mol. The number of nitrogens with zero attached hydrogens (tertiary/aromatic N) is 5. The van der Waals surface area contributed by atoms with E-state index in [0.29, 0.717) is 16.6 Å². The Balaban J connectivity index is 1.46. The highest BCUT2D eigenvalue weighted by atomic mass is 32.1. The Bertz CT molecular complexity index is 1070. The minimum Gasteiger partial charge on any atom is -0.442 e. The fraction of sp³-hybridized carbons (Fsp3) is 0.133. The number of benzene rings is 1. The van der Waals surface area contributed by atoms with E-state index in [0.717, 1.165) is 9.64 Å². The van der Waals surface area contributed by atoms with Crippen molar-refractivity contribution in [3.8, 4) is 0 Å². The van der Waals surface area contributed by atoms with Crippen LogP contribution in [0, 0.1) is 0 Å². The standard InChI is InChI=1S/C15H11N5O3S/c21-13(7-10-8-19-5-6-24-15(19)16-10)23-9-20-14(22)11-3-1-2-4-12(11)17-18-20/h1-6,8H,7,9H2. The number of fused-ring (bicyclic) bond motifs is 2. The first-order chi connectivity index (χ1) is 11.7. The lowest BCUT2D eigenvalue weighted by Crippen LogP contribution is -2.26. The molecule has 0 radical (unpaired) electrons. The average molecular weight is 341 g/mol. The van der Waals surface area contributed by atoms with Gasteiger partial charge in [0.25, 0.3) is 5.56 Å². The molecule has 120 valence electrons. The normalized spacial score (nSPS) is 11.2. The number of hydrogen-bond acceptors (Lipinski definition) is 7. The van der Waals surface area contributed by atoms with Crippen molar-refractivity contribution < 1.29 is 9.53 Å². The predicted octanol–water partition coefficient (Wildman–Crippen LogP) is 1.24. The van der Waals surface area contributed by atoms with Crippen LogP contribution in [0.25, 0.3) is 15.9 Å². The Kier molecular flexibility index (Phi) is 3.54. The third-order valence-electron chi connectivity index (χ3n) is 3.45. The summed E-state index contributed by atoms with van der Waals surface area (Å²) in [7, 11) is 0. The number of hydrogen-bond donors (Lipinski definition) is 0. The van der Waals surface area contributed by atoms with E-state index in [1.165, 1.54) is 11.3 Å². The monoisotopic (exact) mass is 341 g/mol. The highest BCUT2D eigenvalue weighted by Crippen LogP contribution is 2.12. The van der Waals surface area contributed by atoms with Crippen molar-refractivity contribution >= 4 is 33.2 Å². The topological polar surface area (TPSA) is 91.4 Å². The first-order valence-corrected chi connectivity index (χ1v) is 7.98. The van der Waals surface area contributed by atoms with Gasteiger partial charge in [-0.15, -0.1) is 16.4 Å². The molecule has 0 bridgehead atoms. The number of thiazole rings is 1. The molecule has 0 amide bonds. The molecular weight excluding hydrogens is 330 g/mol. The first kappa shape index (κ1) is 14.5. The van der Waals surface area contributed by atoms with Gasteiger partial charge in [-0.1, -0.05) is 17.3 Å². The summed E-state index contributed by atoms with van der Waals surface area (Å²) in [6.07, 6.45) is 3.67. The van der Waals surface area contributed by atoms with Crippen molar-refractivity contribution in [3.05, 3.63) is 58.1 Å². The molecule has 0 aliphatic carbocycles. The van der Waals surface area contributed by atoms with Gasteiger partial charge in [-0.2, -0.15) is 4.68 Å². The van der Waals surface area contributed by atoms with E-state index < -0.39 is 5.97 Å². The van der Waals surface area contributed by atoms with E-state index in [1.54, 1.807) is 30.5 Å². The molecule has 3 heterocycles. The molecule has 24 heavy (non-hydrogen) atoms. The summed E-state index contributed by atoms with van der Waals surface area (Å²) in [5, 5.41) is 10.0. The number of ether oxygens (including phenoxy) is 1. The van der Waals surface area contributed by atoms with Gasteiger partial charge in [0.15, 0.2) is 11.7 Å². The quantitative estimate of drug-likeness (QED) is 0.519. The van der Waals surface area contributed by atoms with Crippen LogP contribution in [0.4, 0.5) is 0 Å². The molecule has 0 atom stereocenters. The maximum absolute atomic E-state index is 12.2. The van der Waals surface area contributed by atoms with E-state index in [9.17, 15) is 9.59 Å². The van der Waals surface area contributed by atoms with E-state index >= 15 is 0 Å². The molecule has 0 fully saturated rings. The Morgan fingerprint density at radius 3 is 3.04 bits per heavy atom. The highest BCUT2D eigenvalue weighted by Gasteiger charge is 2.11. The van der Waals surface area contributed by atoms with Crippen LogP contribution in [0.1, 0.15) is 5.69 Å². The van der Waals surface area contributed by atoms with Gasteiger partial charge in [0.1, 0.15) is 5.52 Å². The summed E-state index contributed by atoms with van der Waals surface area (Å²) in [5.74, 6) is -0.484. The molecule has 0 unspecified atom stereocenters. The number of rotatable bonds is 4. The van der Waals surface area contributed by atoms with E-state index in [2.05, 4.69) is 15.3 Å². The van der Waals surface area contributed by atoms with Crippen LogP contribution in [-0.4, -0.2) is 30.3 Å². The Morgan fingerprint density at radius 1 is 1.29 bits per heavy atom. The van der Waals surface area contributed by atoms with Crippen molar-refractivity contribution in [2.75, 3.05) is 0 Å². The van der Waals surface area contributed by atoms with Gasteiger partial charge in [-0.05, 0) is 12.1 Å². The molecule has 0 N–H and O–H groups in total. The molecule has 9 heteroatoms. The fourth-order valence-electron chi connectivity index (χ4n) is 2.30. The maximum Gasteiger partial charge on any atom is 0.313 e. The molecule has 1 aromatic carbocycles. The molecule has 4 aromatic rings. The Morgan fingerprint density at radius 2 is 2.17 bits per heavy atom. The lowest BCUT2D eigenvalue weighted by atomic mass is 10.2. The summed E-state index contributed by atoms with van der Waals surface area (Å²) in [6.45, 7) is -0.280. The van der Waals surface area contributed by atoms with Gasteiger partial charge in [0.2, 0.25) is 0 Å². The summed E-state index contributed by atoms with van der Waals surface area (Å²) in [4.78, 5) is 29.3. The Hall–Kier alpha value is -3.07. The van der Waals surface area contributed by atoms with E-state index in [1.807, 2.05) is 16.0 Å². The summed E-state index contributed by atoms with van der Waals surface area (Å²) in [6, 6.07) is 6.87. The number of carbonyl (C=O) groups is 1. The second kappa shape index (κ2) is 5.85. The van der Waals surface area contributed by atoms with Gasteiger partial charge in [-0.3, -0.25) is 14.0 Å². The van der Waals surface area contributed by atoms with Crippen LogP contribution in [0.5, 0.6) is 0 Å². The number of imidazole rings is 1. The minimum atomic E-state index is -0.484. The minimum absolute atomic E-state index is 0.0319. The lowest BCUT2D eigenvalue weighted by Gasteiger charge is -2.05. The molecule has 4 rings (SSSR count). The largest absolute Gasteiger partial charge is 0.442 e. The summed E-state index contributed by atoms with van der Waals surface area (Å²) in [5.41, 5.74) is 0.767. The van der Waals surface area contributed by atoms with Crippen molar-refractivity contribution in [3.63, 3.8) is 0 Å². The molecule has 3 aromatic heterocycles. The van der Waals surface area contributed by atoms with Crippen LogP contribution in [0.2, 0.25) is 0 Å². The molecule has 0 aliphatic heterocycles. The van der Waals surface area contributed by atoms with E-state index in [4.69, 9.17) is 4.74 Å². The number of carbonyl (C=O) groups excluding carboxylic acids is 1. The van der Waals surface area contributed by atoms with Crippen molar-refractivity contribution in [2.45, 2.75) is 13.2 Å². The van der Waals surface area contributed by atoms with Crippen LogP contribution in [0.3, 0.4) is 0 Å². The number of aromatic nitrogens is 5. The zero-order chi connectivity index (χ0) is 16.5. The highest BCUT2D eigenvalue weighted by molar-refractivity contribution is 7.15. The Labute approximate surface area is 138 Å². The van der Waals surface area contributed by atoms with Crippen LogP contribution >= 0.6 is 11.3 Å².